The van der Waals surface area contributed by atoms with Gasteiger partial charge in [-0.1, -0.05) is 39.8 Å². The molecule has 5 atom stereocenters. The van der Waals surface area contributed by atoms with Crippen molar-refractivity contribution in [2.45, 2.75) is 109 Å². The lowest BCUT2D eigenvalue weighted by atomic mass is 9.74. The van der Waals surface area contributed by atoms with E-state index in [1.807, 2.05) is 43.7 Å². The van der Waals surface area contributed by atoms with Crippen LogP contribution in [0.1, 0.15) is 99.1 Å². The maximum absolute atomic E-state index is 13.7. The van der Waals surface area contributed by atoms with Crippen molar-refractivity contribution in [3.8, 4) is 22.4 Å². The second-order valence-electron chi connectivity index (χ2n) is 17.1. The van der Waals surface area contributed by atoms with E-state index in [-0.39, 0.29) is 41.8 Å². The molecule has 308 valence electrons. The molecular formula is C44H56N8O6. The Balaban J connectivity index is 0.980. The van der Waals surface area contributed by atoms with Gasteiger partial charge in [-0.05, 0) is 114 Å². The van der Waals surface area contributed by atoms with Crippen LogP contribution in [0.5, 0.6) is 0 Å². The van der Waals surface area contributed by atoms with Crippen LogP contribution >= 0.6 is 0 Å². The summed E-state index contributed by atoms with van der Waals surface area (Å²) in [6.45, 7) is 9.55. The van der Waals surface area contributed by atoms with Crippen LogP contribution in [0.25, 0.3) is 22.4 Å². The molecule has 2 fully saturated rings. The highest BCUT2D eigenvalue weighted by Gasteiger charge is 2.41. The number of benzene rings is 2. The van der Waals surface area contributed by atoms with Crippen LogP contribution < -0.4 is 16.0 Å². The highest BCUT2D eigenvalue weighted by atomic mass is 16.5. The first-order valence-corrected chi connectivity index (χ1v) is 20.9. The Morgan fingerprint density at radius 1 is 0.741 bits per heavy atom. The van der Waals surface area contributed by atoms with Crippen LogP contribution in [0, 0.1) is 11.8 Å². The Hall–Kier alpha value is -5.40. The maximum atomic E-state index is 13.7. The number of amides is 4. The molecule has 0 bridgehead atoms. The quantitative estimate of drug-likeness (QED) is 0.212. The molecule has 1 aromatic heterocycles. The summed E-state index contributed by atoms with van der Waals surface area (Å²) in [4.78, 5) is 68.6. The summed E-state index contributed by atoms with van der Waals surface area (Å²) in [6, 6.07) is 7.72. The van der Waals surface area contributed by atoms with Crippen molar-refractivity contribution in [1.29, 1.82) is 0 Å². The Bertz CT molecular complexity index is 2090. The number of amidine groups is 1. The van der Waals surface area contributed by atoms with Gasteiger partial charge in [0, 0.05) is 18.7 Å². The van der Waals surface area contributed by atoms with E-state index < -0.39 is 24.3 Å². The zero-order valence-electron chi connectivity index (χ0n) is 34.4. The molecule has 8 rings (SSSR count). The van der Waals surface area contributed by atoms with Gasteiger partial charge in [-0.25, -0.2) is 14.6 Å². The number of likely N-dealkylation sites (tertiary alicyclic amines) is 2. The molecule has 4 N–H and O–H groups in total. The van der Waals surface area contributed by atoms with Crippen molar-refractivity contribution in [2.75, 3.05) is 33.9 Å². The lowest BCUT2D eigenvalue weighted by molar-refractivity contribution is -0.135. The first-order valence-electron chi connectivity index (χ1n) is 20.9. The Labute approximate surface area is 339 Å². The highest BCUT2D eigenvalue weighted by Crippen LogP contribution is 2.45. The third-order valence-corrected chi connectivity index (χ3v) is 12.8. The third-order valence-electron chi connectivity index (χ3n) is 12.8. The molecule has 3 aliphatic heterocycles. The van der Waals surface area contributed by atoms with Crippen molar-refractivity contribution < 1.29 is 28.7 Å². The molecule has 4 heterocycles. The van der Waals surface area contributed by atoms with E-state index in [0.29, 0.717) is 19.6 Å². The predicted octanol–water partition coefficient (Wildman–Crippen LogP) is 5.40. The molecule has 14 nitrogen and oxygen atoms in total. The fraction of sp³-hybridized carbons (Fsp3) is 0.545. The van der Waals surface area contributed by atoms with Gasteiger partial charge < -0.3 is 40.2 Å². The largest absolute Gasteiger partial charge is 0.453 e. The van der Waals surface area contributed by atoms with E-state index in [9.17, 15) is 19.2 Å². The molecule has 2 saturated heterocycles. The van der Waals surface area contributed by atoms with Gasteiger partial charge in [0.05, 0.1) is 50.8 Å². The SMILES string of the molecule is COC(=O)NC(C(=O)N1CCCC1C1=NCC(c2cc3c4c(c2)CCc2cc(-c5cnc(C6CCCN6C(=O)C(NC(=O)OC)C(C)C)[nH]5)cc(c2-4)CC3)N1)C(C)C. The molecule has 0 saturated carbocycles. The average molecular weight is 793 g/mol. The van der Waals surface area contributed by atoms with E-state index in [4.69, 9.17) is 19.5 Å². The smallest absolute Gasteiger partial charge is 0.407 e. The first kappa shape index (κ1) is 39.4. The lowest BCUT2D eigenvalue weighted by Gasteiger charge is -2.32. The number of methoxy groups -OCH3 is 2. The third kappa shape index (κ3) is 7.30. The van der Waals surface area contributed by atoms with E-state index in [1.54, 1.807) is 0 Å². The zero-order valence-corrected chi connectivity index (χ0v) is 34.4. The number of alkyl carbamates (subject to hydrolysis) is 2. The monoisotopic (exact) mass is 792 g/mol. The van der Waals surface area contributed by atoms with E-state index in [0.717, 1.165) is 74.3 Å². The normalized spacial score (nSPS) is 21.7. The maximum Gasteiger partial charge on any atom is 0.407 e. The number of H-pyrrole nitrogens is 1. The number of nitrogens with one attached hydrogen (secondary N) is 4. The topological polar surface area (TPSA) is 170 Å². The summed E-state index contributed by atoms with van der Waals surface area (Å²) in [5, 5.41) is 9.18. The highest BCUT2D eigenvalue weighted by molar-refractivity contribution is 5.95. The molecule has 5 unspecified atom stereocenters. The summed E-state index contributed by atoms with van der Waals surface area (Å²) in [6.07, 6.45) is 7.84. The van der Waals surface area contributed by atoms with Crippen molar-refractivity contribution >= 4 is 29.8 Å². The molecule has 58 heavy (non-hydrogen) atoms. The standard InChI is InChI=1S/C44H56N8O6/c1-23(2)37(49-43(55)57-5)41(53)51-15-7-9-33(51)39-45-21-31(47-39)29-17-25-11-13-27-19-30(20-28-14-12-26(18-29)35(25)36(27)28)32-22-46-40(48-32)34-10-8-16-52(34)42(54)38(24(3)4)50-44(56)58-6/h17-21,23-24,32-34,37-38H,7-16,22H2,1-6H3,(H,45,47)(H,46,48)(H,49,55)(H,50,56). The number of rotatable bonds is 10. The Morgan fingerprint density at radius 2 is 1.24 bits per heavy atom. The molecule has 2 aliphatic carbocycles. The van der Waals surface area contributed by atoms with Gasteiger partial charge in [0.2, 0.25) is 11.8 Å². The van der Waals surface area contributed by atoms with Crippen molar-refractivity contribution in [3.63, 3.8) is 0 Å². The zero-order chi connectivity index (χ0) is 40.8. The second-order valence-corrected chi connectivity index (χ2v) is 17.1. The average Bonchev–Trinajstić information content (AvgIpc) is 4.06. The molecular weight excluding hydrogens is 737 g/mol. The minimum absolute atomic E-state index is 0.0365. The van der Waals surface area contributed by atoms with Gasteiger partial charge in [-0.3, -0.25) is 14.6 Å². The molecule has 5 aliphatic rings. The van der Waals surface area contributed by atoms with Gasteiger partial charge in [0.25, 0.3) is 0 Å². The number of aromatic amines is 1. The van der Waals surface area contributed by atoms with Crippen LogP contribution in [0.3, 0.4) is 0 Å². The summed E-state index contributed by atoms with van der Waals surface area (Å²) < 4.78 is 9.60. The van der Waals surface area contributed by atoms with Gasteiger partial charge in [0.15, 0.2) is 0 Å². The minimum atomic E-state index is -0.678. The Kier molecular flexibility index (Phi) is 10.9. The molecule has 4 amide bonds. The summed E-state index contributed by atoms with van der Waals surface area (Å²) in [7, 11) is 2.61. The van der Waals surface area contributed by atoms with Crippen LogP contribution in [0.4, 0.5) is 9.59 Å². The molecule has 3 aromatic rings. The number of ether oxygens (including phenoxy) is 2. The van der Waals surface area contributed by atoms with Crippen molar-refractivity contribution in [1.82, 2.24) is 35.7 Å². The Morgan fingerprint density at radius 3 is 1.76 bits per heavy atom. The van der Waals surface area contributed by atoms with Gasteiger partial charge in [-0.2, -0.15) is 0 Å². The first-order chi connectivity index (χ1) is 27.9. The molecule has 0 spiro atoms. The number of carbonyl (C=O) groups excluding carboxylic acids is 4. The number of carbonyl (C=O) groups is 4. The minimum Gasteiger partial charge on any atom is -0.453 e. The van der Waals surface area contributed by atoms with Crippen LogP contribution in [0.2, 0.25) is 0 Å². The van der Waals surface area contributed by atoms with Gasteiger partial charge in [0.1, 0.15) is 23.7 Å². The predicted molar refractivity (Wildman–Crippen MR) is 219 cm³/mol. The fourth-order valence-corrected chi connectivity index (χ4v) is 9.78. The van der Waals surface area contributed by atoms with Crippen molar-refractivity contribution in [3.05, 3.63) is 64.1 Å². The van der Waals surface area contributed by atoms with Gasteiger partial charge in [-0.15, -0.1) is 0 Å². The van der Waals surface area contributed by atoms with Gasteiger partial charge >= 0.3 is 12.2 Å². The molecule has 2 aromatic carbocycles. The summed E-state index contributed by atoms with van der Waals surface area (Å²) in [5.41, 5.74) is 11.5. The number of aryl methyl sites for hydroxylation is 4. The van der Waals surface area contributed by atoms with Crippen LogP contribution in [0.15, 0.2) is 35.5 Å². The number of hydrogen-bond acceptors (Lipinski definition) is 9. The van der Waals surface area contributed by atoms with E-state index in [1.165, 1.54) is 53.2 Å². The van der Waals surface area contributed by atoms with E-state index >= 15 is 0 Å². The number of aliphatic imine (C=N–C) groups is 1. The second kappa shape index (κ2) is 16.1. The van der Waals surface area contributed by atoms with E-state index in [2.05, 4.69) is 45.2 Å². The van der Waals surface area contributed by atoms with Crippen molar-refractivity contribution in [2.24, 2.45) is 16.8 Å². The number of imidazole rings is 1. The number of hydrogen-bond donors (Lipinski definition) is 4. The van der Waals surface area contributed by atoms with Crippen LogP contribution in [-0.2, 0) is 44.7 Å². The number of aromatic nitrogens is 2. The number of nitrogens with zero attached hydrogens (tertiary/aromatic N) is 4. The summed E-state index contributed by atoms with van der Waals surface area (Å²) >= 11 is 0. The summed E-state index contributed by atoms with van der Waals surface area (Å²) in [5.74, 6) is 1.22. The fourth-order valence-electron chi connectivity index (χ4n) is 9.78. The van der Waals surface area contributed by atoms with Crippen LogP contribution in [-0.4, -0.2) is 102 Å². The lowest BCUT2D eigenvalue weighted by Crippen LogP contribution is -2.54. The molecule has 0 radical (unpaired) electrons. The molecule has 14 heteroatoms.